The number of halogens is 3. The first kappa shape index (κ1) is 19.6. The van der Waals surface area contributed by atoms with Crippen molar-refractivity contribution in [2.24, 2.45) is 5.92 Å². The minimum atomic E-state index is -5.08. The molecule has 1 aliphatic rings. The Morgan fingerprint density at radius 3 is 2.50 bits per heavy atom. The van der Waals surface area contributed by atoms with Crippen molar-refractivity contribution < 1.29 is 27.8 Å². The summed E-state index contributed by atoms with van der Waals surface area (Å²) < 4.78 is 45.1. The molecule has 1 atom stereocenters. The van der Waals surface area contributed by atoms with Gasteiger partial charge in [-0.3, -0.25) is 10.2 Å². The number of nitriles is 1. The zero-order valence-corrected chi connectivity index (χ0v) is 14.2. The Labute approximate surface area is 148 Å². The molecule has 140 valence electrons. The molecule has 1 aromatic rings. The van der Waals surface area contributed by atoms with E-state index in [2.05, 4.69) is 5.43 Å². The van der Waals surface area contributed by atoms with E-state index in [9.17, 15) is 23.1 Å². The topological polar surface area (TPSA) is 85.6 Å². The second kappa shape index (κ2) is 7.25. The summed E-state index contributed by atoms with van der Waals surface area (Å²) in [6, 6.07) is 7.64. The molecule has 0 saturated carbocycles. The number of benzene rings is 1. The van der Waals surface area contributed by atoms with Crippen molar-refractivity contribution in [2.75, 3.05) is 6.61 Å². The summed E-state index contributed by atoms with van der Waals surface area (Å²) in [5.74, 6) is -0.858. The van der Waals surface area contributed by atoms with E-state index in [1.54, 1.807) is 13.8 Å². The van der Waals surface area contributed by atoms with Crippen molar-refractivity contribution in [3.63, 3.8) is 0 Å². The number of carbonyl (C=O) groups is 1. The van der Waals surface area contributed by atoms with Gasteiger partial charge in [0.2, 0.25) is 0 Å². The number of alkyl halides is 3. The molecule has 1 aliphatic heterocycles. The first-order chi connectivity index (χ1) is 12.1. The molecule has 1 heterocycles. The zero-order valence-electron chi connectivity index (χ0n) is 14.2. The Morgan fingerprint density at radius 1 is 1.38 bits per heavy atom. The molecule has 0 saturated heterocycles. The average molecular weight is 369 g/mol. The summed E-state index contributed by atoms with van der Waals surface area (Å²) in [6.45, 7) is 2.88. The summed E-state index contributed by atoms with van der Waals surface area (Å²) in [5.41, 5.74) is -0.639. The van der Waals surface area contributed by atoms with Gasteiger partial charge in [-0.15, -0.1) is 0 Å². The zero-order chi connectivity index (χ0) is 19.5. The molecule has 0 aliphatic carbocycles. The van der Waals surface area contributed by atoms with Gasteiger partial charge >= 0.3 is 6.18 Å². The van der Waals surface area contributed by atoms with Crippen molar-refractivity contribution in [1.29, 1.82) is 5.26 Å². The number of hydrogen-bond donors (Lipinski definition) is 2. The van der Waals surface area contributed by atoms with E-state index in [4.69, 9.17) is 10.00 Å². The summed E-state index contributed by atoms with van der Waals surface area (Å²) in [7, 11) is 0. The van der Waals surface area contributed by atoms with Crippen LogP contribution in [0.1, 0.15) is 25.8 Å². The van der Waals surface area contributed by atoms with E-state index in [1.807, 2.05) is 6.07 Å². The van der Waals surface area contributed by atoms with Crippen LogP contribution in [0.25, 0.3) is 0 Å². The van der Waals surface area contributed by atoms with Gasteiger partial charge in [0.05, 0.1) is 11.6 Å². The largest absolute Gasteiger partial charge is 0.484 e. The van der Waals surface area contributed by atoms with Crippen LogP contribution in [-0.4, -0.2) is 34.5 Å². The molecule has 0 radical (unpaired) electrons. The monoisotopic (exact) mass is 369 g/mol. The normalized spacial score (nSPS) is 19.8. The van der Waals surface area contributed by atoms with Crippen LogP contribution in [0.5, 0.6) is 5.75 Å². The van der Waals surface area contributed by atoms with Crippen LogP contribution in [0.3, 0.4) is 0 Å². The highest BCUT2D eigenvalue weighted by Gasteiger charge is 2.61. The van der Waals surface area contributed by atoms with Crippen LogP contribution < -0.4 is 10.2 Å². The van der Waals surface area contributed by atoms with Gasteiger partial charge < -0.3 is 9.84 Å². The highest BCUT2D eigenvalue weighted by molar-refractivity contribution is 5.79. The second-order valence-corrected chi connectivity index (χ2v) is 6.26. The van der Waals surface area contributed by atoms with Gasteiger partial charge in [-0.25, -0.2) is 5.01 Å². The molecule has 2 rings (SSSR count). The fraction of sp³-hybridized carbons (Fsp3) is 0.412. The molecule has 2 N–H and O–H groups in total. The lowest BCUT2D eigenvalue weighted by Crippen LogP contribution is -2.61. The molecule has 1 amide bonds. The van der Waals surface area contributed by atoms with E-state index in [1.165, 1.54) is 24.3 Å². The fourth-order valence-corrected chi connectivity index (χ4v) is 2.41. The van der Waals surface area contributed by atoms with Crippen molar-refractivity contribution in [1.82, 2.24) is 10.4 Å². The minimum Gasteiger partial charge on any atom is -0.484 e. The lowest BCUT2D eigenvalue weighted by atomic mass is 10.1. The molecule has 0 aromatic heterocycles. The maximum Gasteiger partial charge on any atom is 0.442 e. The van der Waals surface area contributed by atoms with E-state index in [0.717, 1.165) is 0 Å². The Kier molecular flexibility index (Phi) is 5.47. The highest BCUT2D eigenvalue weighted by atomic mass is 19.4. The summed E-state index contributed by atoms with van der Waals surface area (Å²) in [6.07, 6.45) is -4.24. The molecule has 0 fully saturated rings. The summed E-state index contributed by atoms with van der Waals surface area (Å²) >= 11 is 0. The first-order valence-electron chi connectivity index (χ1n) is 7.80. The lowest BCUT2D eigenvalue weighted by Gasteiger charge is -2.33. The van der Waals surface area contributed by atoms with E-state index >= 15 is 0 Å². The van der Waals surface area contributed by atoms with Crippen LogP contribution in [0.4, 0.5) is 13.2 Å². The Balaban J connectivity index is 2.11. The third-order valence-electron chi connectivity index (χ3n) is 3.61. The highest BCUT2D eigenvalue weighted by Crippen LogP contribution is 2.38. The molecular weight excluding hydrogens is 351 g/mol. The SMILES string of the molecule is CC(C)CC1=C[C@](O)(C(F)(F)F)N(C(=O)COc2ccc(C#N)cc2)N1. The van der Waals surface area contributed by atoms with Crippen LogP contribution in [0, 0.1) is 17.2 Å². The van der Waals surface area contributed by atoms with Gasteiger partial charge in [0.1, 0.15) is 5.75 Å². The predicted octanol–water partition coefficient (Wildman–Crippen LogP) is 2.46. The van der Waals surface area contributed by atoms with Gasteiger partial charge in [-0.05, 0) is 42.7 Å². The molecule has 0 unspecified atom stereocenters. The third-order valence-corrected chi connectivity index (χ3v) is 3.61. The summed E-state index contributed by atoms with van der Waals surface area (Å²) in [4.78, 5) is 12.2. The number of aliphatic hydroxyl groups is 1. The molecule has 0 bridgehead atoms. The molecule has 9 heteroatoms. The first-order valence-corrected chi connectivity index (χ1v) is 7.80. The maximum atomic E-state index is 13.3. The van der Waals surface area contributed by atoms with Gasteiger partial charge in [0.15, 0.2) is 6.61 Å². The Morgan fingerprint density at radius 2 is 2.00 bits per heavy atom. The Bertz CT molecular complexity index is 738. The molecule has 0 spiro atoms. The number of amides is 1. The van der Waals surface area contributed by atoms with Crippen molar-refractivity contribution >= 4 is 5.91 Å². The molecule has 1 aromatic carbocycles. The number of ether oxygens (including phenoxy) is 1. The van der Waals surface area contributed by atoms with Crippen molar-refractivity contribution in [3.05, 3.63) is 41.6 Å². The van der Waals surface area contributed by atoms with Crippen LogP contribution in [-0.2, 0) is 4.79 Å². The number of carbonyl (C=O) groups excluding carboxylic acids is 1. The number of nitrogens with zero attached hydrogens (tertiary/aromatic N) is 2. The third kappa shape index (κ3) is 4.08. The Hall–Kier alpha value is -2.73. The number of hydrazine groups is 1. The standard InChI is InChI=1S/C17H18F3N3O3/c1-11(2)7-13-8-16(25,17(18,19)20)23(22-13)15(24)10-26-14-5-3-12(9-21)4-6-14/h3-6,8,11,22,25H,7,10H2,1-2H3/t16-/m0/s1. The van der Waals surface area contributed by atoms with Gasteiger partial charge in [-0.2, -0.15) is 18.4 Å². The molecule has 26 heavy (non-hydrogen) atoms. The maximum absolute atomic E-state index is 13.3. The van der Waals surface area contributed by atoms with E-state index < -0.39 is 24.4 Å². The summed E-state index contributed by atoms with van der Waals surface area (Å²) in [5, 5.41) is 18.9. The van der Waals surface area contributed by atoms with Gasteiger partial charge in [-0.1, -0.05) is 13.8 Å². The minimum absolute atomic E-state index is 0.0242. The number of rotatable bonds is 5. The molecular formula is C17H18F3N3O3. The quantitative estimate of drug-likeness (QED) is 0.833. The van der Waals surface area contributed by atoms with Gasteiger partial charge in [0, 0.05) is 5.70 Å². The smallest absolute Gasteiger partial charge is 0.442 e. The van der Waals surface area contributed by atoms with E-state index in [-0.39, 0.29) is 28.8 Å². The van der Waals surface area contributed by atoms with E-state index in [0.29, 0.717) is 11.6 Å². The number of hydrogen-bond acceptors (Lipinski definition) is 5. The van der Waals surface area contributed by atoms with Crippen molar-refractivity contribution in [2.45, 2.75) is 32.2 Å². The fourth-order valence-electron chi connectivity index (χ4n) is 2.41. The number of nitrogens with one attached hydrogen (secondary N) is 1. The lowest BCUT2D eigenvalue weighted by molar-refractivity contribution is -0.289. The van der Waals surface area contributed by atoms with Crippen molar-refractivity contribution in [3.8, 4) is 11.8 Å². The predicted molar refractivity (Wildman–Crippen MR) is 85.2 cm³/mol. The van der Waals surface area contributed by atoms with Gasteiger partial charge in [0.25, 0.3) is 11.6 Å². The number of allylic oxidation sites excluding steroid dienone is 1. The van der Waals surface area contributed by atoms with Crippen LogP contribution in [0.2, 0.25) is 0 Å². The average Bonchev–Trinajstić information content (AvgIpc) is 2.90. The van der Waals surface area contributed by atoms with Crippen LogP contribution >= 0.6 is 0 Å². The second-order valence-electron chi connectivity index (χ2n) is 6.26. The van der Waals surface area contributed by atoms with Crippen LogP contribution in [0.15, 0.2) is 36.0 Å². The molecule has 6 nitrogen and oxygen atoms in total.